The molecule has 0 aromatic heterocycles. The van der Waals surface area contributed by atoms with E-state index in [2.05, 4.69) is 18.7 Å². The van der Waals surface area contributed by atoms with Gasteiger partial charge in [-0.1, -0.05) is 31.1 Å². The maximum Gasteiger partial charge on any atom is 0.0991 e. The van der Waals surface area contributed by atoms with Crippen molar-refractivity contribution in [2.24, 2.45) is 0 Å². The summed E-state index contributed by atoms with van der Waals surface area (Å²) in [5, 5.41) is 8.80. The van der Waals surface area contributed by atoms with Gasteiger partial charge in [0.05, 0.1) is 18.2 Å². The largest absolute Gasteiger partial charge is 0.377 e. The van der Waals surface area contributed by atoms with E-state index in [4.69, 9.17) is 10.00 Å². The molecule has 0 aliphatic rings. The van der Waals surface area contributed by atoms with Crippen molar-refractivity contribution in [3.63, 3.8) is 0 Å². The fraction of sp³-hybridized carbons (Fsp3) is 0.438. The zero-order valence-electron chi connectivity index (χ0n) is 10.9. The van der Waals surface area contributed by atoms with E-state index in [0.29, 0.717) is 6.61 Å². The summed E-state index contributed by atoms with van der Waals surface area (Å²) in [7, 11) is 0. The van der Waals surface area contributed by atoms with Crippen LogP contribution in [0.4, 0.5) is 0 Å². The number of benzene rings is 1. The van der Waals surface area contributed by atoms with Crippen LogP contribution in [0, 0.1) is 11.3 Å². The predicted octanol–water partition coefficient (Wildman–Crippen LogP) is 3.86. The van der Waals surface area contributed by atoms with E-state index in [-0.39, 0.29) is 0 Å². The standard InChI is InChI=1S/C16H21NO/c1-2-11-18-12-6-4-3-5-8-15-9-7-10-16(13-15)14-17/h2,7,9-10,13H,1,3-6,8,11-12H2. The van der Waals surface area contributed by atoms with Gasteiger partial charge in [0.2, 0.25) is 0 Å². The Morgan fingerprint density at radius 2 is 2.06 bits per heavy atom. The highest BCUT2D eigenvalue weighted by Gasteiger charge is 1.96. The zero-order valence-corrected chi connectivity index (χ0v) is 10.9. The number of hydrogen-bond donors (Lipinski definition) is 0. The molecule has 0 saturated carbocycles. The third-order valence-electron chi connectivity index (χ3n) is 2.80. The van der Waals surface area contributed by atoms with E-state index >= 15 is 0 Å². The van der Waals surface area contributed by atoms with Gasteiger partial charge in [0.25, 0.3) is 0 Å². The lowest BCUT2D eigenvalue weighted by atomic mass is 10.0. The van der Waals surface area contributed by atoms with Crippen molar-refractivity contribution in [3.05, 3.63) is 48.0 Å². The second-order valence-electron chi connectivity index (χ2n) is 4.34. The van der Waals surface area contributed by atoms with Gasteiger partial charge in [0.1, 0.15) is 0 Å². The summed E-state index contributed by atoms with van der Waals surface area (Å²) >= 11 is 0. The second-order valence-corrected chi connectivity index (χ2v) is 4.34. The molecule has 96 valence electrons. The molecule has 0 heterocycles. The maximum atomic E-state index is 8.80. The molecule has 1 aromatic rings. The van der Waals surface area contributed by atoms with Crippen LogP contribution in [-0.4, -0.2) is 13.2 Å². The number of nitrogens with zero attached hydrogens (tertiary/aromatic N) is 1. The van der Waals surface area contributed by atoms with E-state index in [0.717, 1.165) is 25.0 Å². The molecule has 18 heavy (non-hydrogen) atoms. The molecule has 0 bridgehead atoms. The summed E-state index contributed by atoms with van der Waals surface area (Å²) in [6, 6.07) is 10.0. The molecule has 0 atom stereocenters. The molecule has 0 amide bonds. The number of aryl methyl sites for hydroxylation is 1. The van der Waals surface area contributed by atoms with Crippen LogP contribution in [0.1, 0.15) is 36.8 Å². The first-order valence-corrected chi connectivity index (χ1v) is 6.54. The first-order valence-electron chi connectivity index (χ1n) is 6.54. The van der Waals surface area contributed by atoms with Gasteiger partial charge in [-0.15, -0.1) is 6.58 Å². The number of hydrogen-bond acceptors (Lipinski definition) is 2. The summed E-state index contributed by atoms with van der Waals surface area (Å²) in [5.41, 5.74) is 2.02. The first kappa shape index (κ1) is 14.5. The number of rotatable bonds is 9. The Bertz CT molecular complexity index is 392. The third kappa shape index (κ3) is 6.22. The van der Waals surface area contributed by atoms with Gasteiger partial charge in [-0.2, -0.15) is 5.26 Å². The van der Waals surface area contributed by atoms with Crippen molar-refractivity contribution in [2.75, 3.05) is 13.2 Å². The van der Waals surface area contributed by atoms with E-state index in [1.165, 1.54) is 24.8 Å². The summed E-state index contributed by atoms with van der Waals surface area (Å²) in [4.78, 5) is 0. The number of unbranched alkanes of at least 4 members (excludes halogenated alkanes) is 3. The molecule has 0 aliphatic carbocycles. The SMILES string of the molecule is C=CCOCCCCCCc1cccc(C#N)c1. The lowest BCUT2D eigenvalue weighted by molar-refractivity contribution is 0.157. The molecular formula is C16H21NO. The Hall–Kier alpha value is -1.59. The molecule has 2 nitrogen and oxygen atoms in total. The van der Waals surface area contributed by atoms with Gasteiger partial charge in [-0.3, -0.25) is 0 Å². The van der Waals surface area contributed by atoms with E-state index in [1.54, 1.807) is 6.08 Å². The molecule has 0 aliphatic heterocycles. The van der Waals surface area contributed by atoms with Gasteiger partial charge >= 0.3 is 0 Å². The Balaban J connectivity index is 2.07. The van der Waals surface area contributed by atoms with Crippen LogP contribution in [-0.2, 0) is 11.2 Å². The Labute approximate surface area is 110 Å². The van der Waals surface area contributed by atoms with Crippen molar-refractivity contribution in [3.8, 4) is 6.07 Å². The number of nitriles is 1. The topological polar surface area (TPSA) is 33.0 Å². The zero-order chi connectivity index (χ0) is 13.1. The highest BCUT2D eigenvalue weighted by atomic mass is 16.5. The van der Waals surface area contributed by atoms with Gasteiger partial charge in [-0.05, 0) is 37.0 Å². The Morgan fingerprint density at radius 1 is 1.22 bits per heavy atom. The van der Waals surface area contributed by atoms with Crippen molar-refractivity contribution >= 4 is 0 Å². The lowest BCUT2D eigenvalue weighted by Gasteiger charge is -2.03. The summed E-state index contributed by atoms with van der Waals surface area (Å²) in [6.07, 6.45) is 7.55. The average molecular weight is 243 g/mol. The molecule has 0 spiro atoms. The molecule has 0 N–H and O–H groups in total. The molecular weight excluding hydrogens is 222 g/mol. The molecule has 0 radical (unpaired) electrons. The average Bonchev–Trinajstić information content (AvgIpc) is 2.42. The predicted molar refractivity (Wildman–Crippen MR) is 74.3 cm³/mol. The van der Waals surface area contributed by atoms with Gasteiger partial charge < -0.3 is 4.74 Å². The minimum Gasteiger partial charge on any atom is -0.377 e. The quantitative estimate of drug-likeness (QED) is 0.487. The van der Waals surface area contributed by atoms with Crippen molar-refractivity contribution in [1.82, 2.24) is 0 Å². The normalized spacial score (nSPS) is 9.94. The first-order chi connectivity index (χ1) is 8.86. The lowest BCUT2D eigenvalue weighted by Crippen LogP contribution is -1.94. The second kappa shape index (κ2) is 9.44. The number of ether oxygens (including phenoxy) is 1. The highest BCUT2D eigenvalue weighted by Crippen LogP contribution is 2.10. The van der Waals surface area contributed by atoms with Gasteiger partial charge in [-0.25, -0.2) is 0 Å². The molecule has 0 saturated heterocycles. The molecule has 1 aromatic carbocycles. The molecule has 0 unspecified atom stereocenters. The van der Waals surface area contributed by atoms with Crippen LogP contribution >= 0.6 is 0 Å². The van der Waals surface area contributed by atoms with Crippen LogP contribution < -0.4 is 0 Å². The van der Waals surface area contributed by atoms with Crippen LogP contribution in [0.2, 0.25) is 0 Å². The van der Waals surface area contributed by atoms with Gasteiger partial charge in [0.15, 0.2) is 0 Å². The van der Waals surface area contributed by atoms with Crippen molar-refractivity contribution in [1.29, 1.82) is 5.26 Å². The van der Waals surface area contributed by atoms with Crippen LogP contribution in [0.25, 0.3) is 0 Å². The van der Waals surface area contributed by atoms with Crippen molar-refractivity contribution < 1.29 is 4.74 Å². The third-order valence-corrected chi connectivity index (χ3v) is 2.80. The van der Waals surface area contributed by atoms with Crippen molar-refractivity contribution in [2.45, 2.75) is 32.1 Å². The van der Waals surface area contributed by atoms with E-state index in [9.17, 15) is 0 Å². The minimum absolute atomic E-state index is 0.654. The maximum absolute atomic E-state index is 8.80. The molecule has 1 rings (SSSR count). The summed E-state index contributed by atoms with van der Waals surface area (Å²) in [5.74, 6) is 0. The molecule has 2 heteroatoms. The minimum atomic E-state index is 0.654. The highest BCUT2D eigenvalue weighted by molar-refractivity contribution is 5.32. The smallest absolute Gasteiger partial charge is 0.0991 e. The summed E-state index contributed by atoms with van der Waals surface area (Å²) < 4.78 is 5.32. The Morgan fingerprint density at radius 3 is 2.83 bits per heavy atom. The summed E-state index contributed by atoms with van der Waals surface area (Å²) in [6.45, 7) is 5.09. The van der Waals surface area contributed by atoms with Crippen LogP contribution in [0.5, 0.6) is 0 Å². The fourth-order valence-electron chi connectivity index (χ4n) is 1.85. The fourth-order valence-corrected chi connectivity index (χ4v) is 1.85. The van der Waals surface area contributed by atoms with E-state index < -0.39 is 0 Å². The van der Waals surface area contributed by atoms with E-state index in [1.807, 2.05) is 18.2 Å². The monoisotopic (exact) mass is 243 g/mol. The van der Waals surface area contributed by atoms with Crippen LogP contribution in [0.3, 0.4) is 0 Å². The van der Waals surface area contributed by atoms with Crippen LogP contribution in [0.15, 0.2) is 36.9 Å². The molecule has 0 fully saturated rings. The Kier molecular flexibility index (Phi) is 7.59. The van der Waals surface area contributed by atoms with Gasteiger partial charge in [0, 0.05) is 6.61 Å².